The van der Waals surface area contributed by atoms with Gasteiger partial charge in [-0.2, -0.15) is 25.4 Å². The Bertz CT molecular complexity index is 749. The van der Waals surface area contributed by atoms with Crippen molar-refractivity contribution in [3.63, 3.8) is 0 Å². The number of hydrogen-bond acceptors (Lipinski definition) is 6. The minimum atomic E-state index is -3.80. The van der Waals surface area contributed by atoms with Gasteiger partial charge >= 0.3 is 20.4 Å². The van der Waals surface area contributed by atoms with Gasteiger partial charge in [0.05, 0.1) is 37.8 Å². The highest BCUT2D eigenvalue weighted by atomic mass is 32.2. The zero-order chi connectivity index (χ0) is 18.6. The van der Waals surface area contributed by atoms with Crippen molar-refractivity contribution in [1.29, 1.82) is 0 Å². The van der Waals surface area contributed by atoms with Gasteiger partial charge in [0.15, 0.2) is 0 Å². The van der Waals surface area contributed by atoms with E-state index in [0.29, 0.717) is 26.4 Å². The molecule has 1 aromatic carbocycles. The molecule has 2 N–H and O–H groups in total. The highest BCUT2D eigenvalue weighted by Crippen LogP contribution is 2.25. The topological polar surface area (TPSA) is 117 Å². The Morgan fingerprint density at radius 1 is 0.692 bits per heavy atom. The van der Waals surface area contributed by atoms with Crippen molar-refractivity contribution >= 4 is 31.8 Å². The van der Waals surface area contributed by atoms with E-state index in [-0.39, 0.29) is 37.6 Å². The van der Waals surface area contributed by atoms with Gasteiger partial charge in [-0.1, -0.05) is 12.1 Å². The monoisotopic (exact) mass is 406 g/mol. The third-order valence-corrected chi connectivity index (χ3v) is 7.07. The lowest BCUT2D eigenvalue weighted by molar-refractivity contribution is 0.0733. The van der Waals surface area contributed by atoms with Gasteiger partial charge in [-0.3, -0.25) is 9.44 Å². The van der Waals surface area contributed by atoms with Crippen LogP contribution in [-0.4, -0.2) is 78.1 Å². The molecule has 0 amide bonds. The quantitative estimate of drug-likeness (QED) is 0.668. The molecule has 2 aliphatic heterocycles. The number of ether oxygens (including phenoxy) is 2. The van der Waals surface area contributed by atoms with E-state index in [2.05, 4.69) is 9.44 Å². The van der Waals surface area contributed by atoms with Crippen LogP contribution in [0, 0.1) is 0 Å². The normalized spacial score (nSPS) is 20.6. The summed E-state index contributed by atoms with van der Waals surface area (Å²) >= 11 is 0. The molecule has 2 saturated heterocycles. The molecule has 0 aliphatic carbocycles. The molecule has 0 spiro atoms. The van der Waals surface area contributed by atoms with Crippen molar-refractivity contribution in [2.24, 2.45) is 0 Å². The lowest BCUT2D eigenvalue weighted by Gasteiger charge is -2.28. The molecule has 2 aliphatic rings. The summed E-state index contributed by atoms with van der Waals surface area (Å²) < 4.78 is 67.9. The van der Waals surface area contributed by atoms with Crippen LogP contribution >= 0.6 is 0 Å². The molecule has 2 heterocycles. The Morgan fingerprint density at radius 2 is 1.04 bits per heavy atom. The summed E-state index contributed by atoms with van der Waals surface area (Å²) in [7, 11) is -7.61. The predicted octanol–water partition coefficient (Wildman–Crippen LogP) is -0.336. The number of nitrogens with zero attached hydrogens (tertiary/aromatic N) is 2. The number of anilines is 2. The number of para-hydroxylation sites is 2. The number of hydrogen-bond donors (Lipinski definition) is 2. The van der Waals surface area contributed by atoms with Crippen LogP contribution in [0.5, 0.6) is 0 Å². The molecule has 0 atom stereocenters. The second-order valence-corrected chi connectivity index (χ2v) is 9.12. The van der Waals surface area contributed by atoms with E-state index in [9.17, 15) is 16.8 Å². The molecule has 26 heavy (non-hydrogen) atoms. The third kappa shape index (κ3) is 4.64. The Morgan fingerprint density at radius 3 is 1.38 bits per heavy atom. The van der Waals surface area contributed by atoms with E-state index in [4.69, 9.17) is 9.47 Å². The van der Waals surface area contributed by atoms with Crippen molar-refractivity contribution in [1.82, 2.24) is 8.61 Å². The van der Waals surface area contributed by atoms with Gasteiger partial charge in [-0.05, 0) is 12.1 Å². The average Bonchev–Trinajstić information content (AvgIpc) is 2.64. The van der Waals surface area contributed by atoms with Gasteiger partial charge in [0, 0.05) is 26.2 Å². The SMILES string of the molecule is O=S(=O)(Nc1ccccc1NS(=O)(=O)N1CCOCC1)N1CCOCC1. The first-order chi connectivity index (χ1) is 12.4. The van der Waals surface area contributed by atoms with Crippen LogP contribution in [0.4, 0.5) is 11.4 Å². The maximum Gasteiger partial charge on any atom is 0.301 e. The van der Waals surface area contributed by atoms with Crippen molar-refractivity contribution in [2.75, 3.05) is 62.1 Å². The molecule has 0 unspecified atom stereocenters. The summed E-state index contributed by atoms with van der Waals surface area (Å²) in [4.78, 5) is 0. The van der Waals surface area contributed by atoms with Gasteiger partial charge in [0.1, 0.15) is 0 Å². The molecule has 0 saturated carbocycles. The summed E-state index contributed by atoms with van der Waals surface area (Å²) in [6.07, 6.45) is 0. The van der Waals surface area contributed by atoms with E-state index >= 15 is 0 Å². The predicted molar refractivity (Wildman–Crippen MR) is 96.3 cm³/mol. The van der Waals surface area contributed by atoms with Crippen molar-refractivity contribution in [2.45, 2.75) is 0 Å². The summed E-state index contributed by atoms with van der Waals surface area (Å²) in [6.45, 7) is 2.29. The van der Waals surface area contributed by atoms with Crippen LogP contribution in [0.2, 0.25) is 0 Å². The Kier molecular flexibility index (Phi) is 5.99. The standard InChI is InChI=1S/C14H22N4O6S2/c19-25(20,17-5-9-23-10-6-17)15-13-3-1-2-4-14(13)16-26(21,22)18-7-11-24-12-8-18/h1-4,15-16H,5-12H2. The largest absolute Gasteiger partial charge is 0.379 e. The highest BCUT2D eigenvalue weighted by Gasteiger charge is 2.27. The van der Waals surface area contributed by atoms with Crippen LogP contribution < -0.4 is 9.44 Å². The molecule has 146 valence electrons. The summed E-state index contributed by atoms with van der Waals surface area (Å²) in [5, 5.41) is 0. The fraction of sp³-hybridized carbons (Fsp3) is 0.571. The molecule has 0 bridgehead atoms. The van der Waals surface area contributed by atoms with Crippen LogP contribution in [0.15, 0.2) is 24.3 Å². The lowest BCUT2D eigenvalue weighted by Crippen LogP contribution is -2.44. The number of rotatable bonds is 6. The first-order valence-corrected chi connectivity index (χ1v) is 11.1. The van der Waals surface area contributed by atoms with E-state index in [1.807, 2.05) is 0 Å². The second-order valence-electron chi connectivity index (χ2n) is 5.78. The lowest BCUT2D eigenvalue weighted by atomic mass is 10.3. The molecule has 12 heteroatoms. The Hall–Kier alpha value is -1.44. The first kappa shape index (κ1) is 19.3. The van der Waals surface area contributed by atoms with Crippen molar-refractivity contribution in [3.05, 3.63) is 24.3 Å². The number of morpholine rings is 2. The van der Waals surface area contributed by atoms with Gasteiger partial charge in [-0.15, -0.1) is 0 Å². The second kappa shape index (κ2) is 8.06. The molecular weight excluding hydrogens is 384 g/mol. The van der Waals surface area contributed by atoms with E-state index in [1.165, 1.54) is 20.7 Å². The molecule has 0 radical (unpaired) electrons. The van der Waals surface area contributed by atoms with Crippen LogP contribution in [0.1, 0.15) is 0 Å². The van der Waals surface area contributed by atoms with Crippen LogP contribution in [0.25, 0.3) is 0 Å². The summed E-state index contributed by atoms with van der Waals surface area (Å²) in [5.74, 6) is 0. The van der Waals surface area contributed by atoms with Gasteiger partial charge in [0.2, 0.25) is 0 Å². The molecule has 10 nitrogen and oxygen atoms in total. The maximum atomic E-state index is 12.5. The highest BCUT2D eigenvalue weighted by molar-refractivity contribution is 7.91. The van der Waals surface area contributed by atoms with E-state index in [0.717, 1.165) is 0 Å². The zero-order valence-corrected chi connectivity index (χ0v) is 15.8. The zero-order valence-electron chi connectivity index (χ0n) is 14.1. The Balaban J connectivity index is 1.77. The van der Waals surface area contributed by atoms with Gasteiger partial charge in [-0.25, -0.2) is 0 Å². The van der Waals surface area contributed by atoms with Crippen molar-refractivity contribution < 1.29 is 26.3 Å². The number of nitrogens with one attached hydrogen (secondary N) is 2. The molecule has 0 aromatic heterocycles. The van der Waals surface area contributed by atoms with E-state index < -0.39 is 20.4 Å². The fourth-order valence-electron chi connectivity index (χ4n) is 2.64. The van der Waals surface area contributed by atoms with Crippen LogP contribution in [-0.2, 0) is 29.9 Å². The molecule has 2 fully saturated rings. The van der Waals surface area contributed by atoms with Gasteiger partial charge < -0.3 is 9.47 Å². The molecule has 3 rings (SSSR count). The summed E-state index contributed by atoms with van der Waals surface area (Å²) in [6, 6.07) is 6.28. The van der Waals surface area contributed by atoms with E-state index in [1.54, 1.807) is 12.1 Å². The molecule has 1 aromatic rings. The first-order valence-electron chi connectivity index (χ1n) is 8.19. The average molecular weight is 406 g/mol. The van der Waals surface area contributed by atoms with Gasteiger partial charge in [0.25, 0.3) is 0 Å². The minimum absolute atomic E-state index is 0.163. The maximum absolute atomic E-state index is 12.5. The minimum Gasteiger partial charge on any atom is -0.379 e. The Labute approximate surface area is 153 Å². The van der Waals surface area contributed by atoms with Crippen molar-refractivity contribution in [3.8, 4) is 0 Å². The third-order valence-electron chi connectivity index (χ3n) is 4.02. The molecular formula is C14H22N4O6S2. The fourth-order valence-corrected chi connectivity index (χ4v) is 5.07. The van der Waals surface area contributed by atoms with Crippen LogP contribution in [0.3, 0.4) is 0 Å². The summed E-state index contributed by atoms with van der Waals surface area (Å²) in [5.41, 5.74) is 0.326. The smallest absolute Gasteiger partial charge is 0.301 e. The number of benzene rings is 1.